The fraction of sp³-hybridized carbons (Fsp3) is 0.111. The van der Waals surface area contributed by atoms with Gasteiger partial charge in [-0.1, -0.05) is 12.1 Å². The molecular formula is C18H13IN2O2. The van der Waals surface area contributed by atoms with Gasteiger partial charge in [0.1, 0.15) is 0 Å². The van der Waals surface area contributed by atoms with Crippen LogP contribution in [0.4, 0.5) is 0 Å². The predicted molar refractivity (Wildman–Crippen MR) is 96.9 cm³/mol. The fourth-order valence-corrected chi connectivity index (χ4v) is 2.94. The number of hydrogen-bond acceptors (Lipinski definition) is 4. The first-order chi connectivity index (χ1) is 11.1. The molecule has 0 unspecified atom stereocenters. The molecule has 0 bridgehead atoms. The molecule has 0 heterocycles. The van der Waals surface area contributed by atoms with Gasteiger partial charge in [-0.15, -0.1) is 0 Å². The summed E-state index contributed by atoms with van der Waals surface area (Å²) in [7, 11) is 3.17. The molecule has 0 spiro atoms. The minimum atomic E-state index is 0.512. The molecule has 0 saturated carbocycles. The summed E-state index contributed by atoms with van der Waals surface area (Å²) in [6.07, 6.45) is 1.78. The van der Waals surface area contributed by atoms with Crippen molar-refractivity contribution in [2.75, 3.05) is 14.2 Å². The third kappa shape index (κ3) is 3.82. The summed E-state index contributed by atoms with van der Waals surface area (Å²) >= 11 is 2.16. The summed E-state index contributed by atoms with van der Waals surface area (Å²) in [6.45, 7) is 0. The number of benzene rings is 2. The van der Waals surface area contributed by atoms with Crippen molar-refractivity contribution in [3.8, 4) is 23.6 Å². The van der Waals surface area contributed by atoms with Gasteiger partial charge in [-0.3, -0.25) is 0 Å². The molecule has 0 aliphatic rings. The highest BCUT2D eigenvalue weighted by atomic mass is 127. The standard InChI is InChI=1S/C18H13IN2O2/c1-22-17-9-13(8-16(19)18(17)23-2)7-15(11-21)14-5-3-12(10-20)4-6-14/h3-9H,1-2H3. The predicted octanol–water partition coefficient (Wildman–Crippen LogP) is 4.24. The summed E-state index contributed by atoms with van der Waals surface area (Å²) in [4.78, 5) is 0. The Morgan fingerprint density at radius 3 is 2.30 bits per heavy atom. The average Bonchev–Trinajstić information content (AvgIpc) is 2.59. The van der Waals surface area contributed by atoms with Gasteiger partial charge in [0.15, 0.2) is 11.5 Å². The van der Waals surface area contributed by atoms with Crippen LogP contribution in [0, 0.1) is 26.2 Å². The Labute approximate surface area is 148 Å². The van der Waals surface area contributed by atoms with E-state index in [0.29, 0.717) is 22.6 Å². The second kappa shape index (κ2) is 7.66. The third-order valence-corrected chi connectivity index (χ3v) is 4.01. The van der Waals surface area contributed by atoms with Gasteiger partial charge >= 0.3 is 0 Å². The van der Waals surface area contributed by atoms with Crippen molar-refractivity contribution in [1.29, 1.82) is 10.5 Å². The smallest absolute Gasteiger partial charge is 0.174 e. The van der Waals surface area contributed by atoms with Crippen LogP contribution in [0.15, 0.2) is 36.4 Å². The van der Waals surface area contributed by atoms with Crippen molar-refractivity contribution in [3.63, 3.8) is 0 Å². The average molecular weight is 416 g/mol. The monoisotopic (exact) mass is 416 g/mol. The molecule has 0 aliphatic carbocycles. The highest BCUT2D eigenvalue weighted by molar-refractivity contribution is 14.1. The highest BCUT2D eigenvalue weighted by Crippen LogP contribution is 2.34. The molecule has 0 aromatic heterocycles. The van der Waals surface area contributed by atoms with Gasteiger partial charge in [0.2, 0.25) is 0 Å². The van der Waals surface area contributed by atoms with Crippen LogP contribution in [0.1, 0.15) is 16.7 Å². The number of ether oxygens (including phenoxy) is 2. The summed E-state index contributed by atoms with van der Waals surface area (Å²) in [5.74, 6) is 1.28. The maximum absolute atomic E-state index is 9.42. The van der Waals surface area contributed by atoms with Crippen LogP contribution in [0.25, 0.3) is 11.6 Å². The first kappa shape index (κ1) is 16.9. The number of methoxy groups -OCH3 is 2. The van der Waals surface area contributed by atoms with Crippen molar-refractivity contribution in [1.82, 2.24) is 0 Å². The van der Waals surface area contributed by atoms with Crippen LogP contribution in [-0.2, 0) is 0 Å². The molecule has 114 valence electrons. The molecule has 4 nitrogen and oxygen atoms in total. The van der Waals surface area contributed by atoms with E-state index in [-0.39, 0.29) is 0 Å². The lowest BCUT2D eigenvalue weighted by atomic mass is 10.0. The Bertz CT molecular complexity index is 828. The first-order valence-corrected chi connectivity index (χ1v) is 7.74. The number of halogens is 1. The molecule has 0 radical (unpaired) electrons. The summed E-state index contributed by atoms with van der Waals surface area (Å²) in [5, 5.41) is 18.3. The molecule has 0 fully saturated rings. The Balaban J connectivity index is 2.48. The van der Waals surface area contributed by atoms with Gasteiger partial charge in [0.05, 0.1) is 41.1 Å². The lowest BCUT2D eigenvalue weighted by Crippen LogP contribution is -1.94. The molecule has 5 heteroatoms. The van der Waals surface area contributed by atoms with Gasteiger partial charge in [0, 0.05) is 0 Å². The van der Waals surface area contributed by atoms with Crippen LogP contribution in [0.5, 0.6) is 11.5 Å². The van der Waals surface area contributed by atoms with E-state index in [4.69, 9.17) is 14.7 Å². The maximum atomic E-state index is 9.42. The van der Waals surface area contributed by atoms with Crippen LogP contribution < -0.4 is 9.47 Å². The van der Waals surface area contributed by atoms with E-state index < -0.39 is 0 Å². The lowest BCUT2D eigenvalue weighted by molar-refractivity contribution is 0.353. The van der Waals surface area contributed by atoms with E-state index in [0.717, 1.165) is 14.7 Å². The molecule has 2 aromatic carbocycles. The van der Waals surface area contributed by atoms with Crippen molar-refractivity contribution < 1.29 is 9.47 Å². The Morgan fingerprint density at radius 1 is 1.09 bits per heavy atom. The molecular weight excluding hydrogens is 403 g/mol. The van der Waals surface area contributed by atoms with Gasteiger partial charge in [0.25, 0.3) is 0 Å². The second-order valence-electron chi connectivity index (χ2n) is 4.60. The zero-order chi connectivity index (χ0) is 16.8. The number of rotatable bonds is 4. The Hall–Kier alpha value is -2.51. The molecule has 2 rings (SSSR count). The number of hydrogen-bond donors (Lipinski definition) is 0. The van der Waals surface area contributed by atoms with E-state index in [1.807, 2.05) is 12.1 Å². The second-order valence-corrected chi connectivity index (χ2v) is 5.76. The lowest BCUT2D eigenvalue weighted by Gasteiger charge is -2.10. The van der Waals surface area contributed by atoms with Crippen molar-refractivity contribution in [2.24, 2.45) is 0 Å². The molecule has 0 N–H and O–H groups in total. The quantitative estimate of drug-likeness (QED) is 0.425. The SMILES string of the molecule is COc1cc(C=C(C#N)c2ccc(C#N)cc2)cc(I)c1OC. The van der Waals surface area contributed by atoms with Crippen LogP contribution in [0.3, 0.4) is 0 Å². The van der Waals surface area contributed by atoms with Crippen molar-refractivity contribution >= 4 is 34.2 Å². The number of nitriles is 2. The zero-order valence-corrected chi connectivity index (χ0v) is 14.8. The largest absolute Gasteiger partial charge is 0.493 e. The van der Waals surface area contributed by atoms with Crippen LogP contribution in [-0.4, -0.2) is 14.2 Å². The summed E-state index contributed by atoms with van der Waals surface area (Å²) in [6, 6.07) is 14.9. The van der Waals surface area contributed by atoms with Gasteiger partial charge in [-0.25, -0.2) is 0 Å². The van der Waals surface area contributed by atoms with E-state index in [1.165, 1.54) is 0 Å². The van der Waals surface area contributed by atoms with Gasteiger partial charge < -0.3 is 9.47 Å². The first-order valence-electron chi connectivity index (χ1n) is 6.66. The molecule has 0 aliphatic heterocycles. The normalized spacial score (nSPS) is 10.6. The Kier molecular flexibility index (Phi) is 5.61. The van der Waals surface area contributed by atoms with E-state index in [1.54, 1.807) is 44.6 Å². The zero-order valence-electron chi connectivity index (χ0n) is 12.6. The van der Waals surface area contributed by atoms with E-state index in [9.17, 15) is 5.26 Å². The minimum absolute atomic E-state index is 0.512. The minimum Gasteiger partial charge on any atom is -0.493 e. The summed E-state index contributed by atoms with van der Waals surface area (Å²) < 4.78 is 11.5. The van der Waals surface area contributed by atoms with Crippen LogP contribution in [0.2, 0.25) is 0 Å². The van der Waals surface area contributed by atoms with Gasteiger partial charge in [-0.2, -0.15) is 10.5 Å². The molecule has 0 amide bonds. The van der Waals surface area contributed by atoms with Crippen molar-refractivity contribution in [3.05, 3.63) is 56.7 Å². The molecule has 2 aromatic rings. The molecule has 0 saturated heterocycles. The third-order valence-electron chi connectivity index (χ3n) is 3.21. The number of allylic oxidation sites excluding steroid dienone is 1. The van der Waals surface area contributed by atoms with Crippen LogP contribution >= 0.6 is 22.6 Å². The number of nitrogens with zero attached hydrogens (tertiary/aromatic N) is 2. The summed E-state index contributed by atoms with van der Waals surface area (Å²) in [5.41, 5.74) is 2.67. The molecule has 23 heavy (non-hydrogen) atoms. The highest BCUT2D eigenvalue weighted by Gasteiger charge is 2.10. The Morgan fingerprint density at radius 2 is 1.78 bits per heavy atom. The topological polar surface area (TPSA) is 66.0 Å². The van der Waals surface area contributed by atoms with Gasteiger partial charge in [-0.05, 0) is 64.1 Å². The fourth-order valence-electron chi connectivity index (χ4n) is 2.09. The van der Waals surface area contributed by atoms with Crippen molar-refractivity contribution in [2.45, 2.75) is 0 Å². The molecule has 0 atom stereocenters. The van der Waals surface area contributed by atoms with E-state index in [2.05, 4.69) is 34.7 Å². The van der Waals surface area contributed by atoms with E-state index >= 15 is 0 Å². The maximum Gasteiger partial charge on any atom is 0.174 e.